The van der Waals surface area contributed by atoms with Crippen molar-refractivity contribution in [3.05, 3.63) is 65.9 Å². The first-order valence-corrected chi connectivity index (χ1v) is 9.60. The van der Waals surface area contributed by atoms with E-state index in [0.29, 0.717) is 31.0 Å². The van der Waals surface area contributed by atoms with E-state index >= 15 is 0 Å². The van der Waals surface area contributed by atoms with E-state index in [4.69, 9.17) is 4.42 Å². The van der Waals surface area contributed by atoms with Gasteiger partial charge in [-0.3, -0.25) is 9.59 Å². The van der Waals surface area contributed by atoms with Crippen LogP contribution in [0.5, 0.6) is 0 Å². The van der Waals surface area contributed by atoms with Gasteiger partial charge in [-0.05, 0) is 59.0 Å². The fourth-order valence-corrected chi connectivity index (χ4v) is 3.52. The molecule has 2 amide bonds. The Bertz CT molecular complexity index is 937. The molecule has 1 aliphatic rings. The highest BCUT2D eigenvalue weighted by Crippen LogP contribution is 2.19. The molecule has 9 heteroatoms. The number of tetrazole rings is 1. The number of aromatic nitrogens is 4. The first-order chi connectivity index (χ1) is 14.2. The van der Waals surface area contributed by atoms with E-state index in [1.54, 1.807) is 23.1 Å². The van der Waals surface area contributed by atoms with E-state index in [2.05, 4.69) is 20.8 Å². The highest BCUT2D eigenvalue weighted by Gasteiger charge is 2.25. The fraction of sp³-hybridized carbons (Fsp3) is 0.350. The molecule has 1 aromatic carbocycles. The van der Waals surface area contributed by atoms with Gasteiger partial charge in [0.15, 0.2) is 5.76 Å². The van der Waals surface area contributed by atoms with Crippen molar-refractivity contribution in [2.75, 3.05) is 19.6 Å². The molecule has 29 heavy (non-hydrogen) atoms. The highest BCUT2D eigenvalue weighted by molar-refractivity contribution is 5.94. The summed E-state index contributed by atoms with van der Waals surface area (Å²) in [6.45, 7) is 2.44. The number of amides is 2. The average Bonchev–Trinajstić information content (AvgIpc) is 3.47. The number of nitrogens with zero attached hydrogens (tertiary/aromatic N) is 5. The average molecular weight is 394 g/mol. The van der Waals surface area contributed by atoms with Crippen LogP contribution in [0.1, 0.15) is 39.3 Å². The van der Waals surface area contributed by atoms with Gasteiger partial charge in [-0.1, -0.05) is 12.1 Å². The Kier molecular flexibility index (Phi) is 5.64. The second-order valence-corrected chi connectivity index (χ2v) is 7.15. The molecule has 1 saturated heterocycles. The number of likely N-dealkylation sites (tertiary alicyclic amines) is 1. The summed E-state index contributed by atoms with van der Waals surface area (Å²) in [5.41, 5.74) is 1.68. The molecule has 9 nitrogen and oxygen atoms in total. The summed E-state index contributed by atoms with van der Waals surface area (Å²) in [5, 5.41) is 14.0. The lowest BCUT2D eigenvalue weighted by Gasteiger charge is -2.33. The van der Waals surface area contributed by atoms with Crippen LogP contribution in [0.4, 0.5) is 0 Å². The van der Waals surface area contributed by atoms with Gasteiger partial charge in [0.1, 0.15) is 6.33 Å². The van der Waals surface area contributed by atoms with E-state index in [0.717, 1.165) is 24.9 Å². The third-order valence-corrected chi connectivity index (χ3v) is 5.04. The largest absolute Gasteiger partial charge is 0.459 e. The molecule has 0 aliphatic carbocycles. The van der Waals surface area contributed by atoms with Gasteiger partial charge < -0.3 is 14.6 Å². The van der Waals surface area contributed by atoms with Crippen LogP contribution in [-0.2, 0) is 6.54 Å². The molecule has 3 aromatic rings. The molecule has 2 aromatic heterocycles. The predicted molar refractivity (Wildman–Crippen MR) is 103 cm³/mol. The Morgan fingerprint density at radius 3 is 2.79 bits per heavy atom. The molecule has 0 spiro atoms. The number of furan rings is 1. The molecule has 4 rings (SSSR count). The van der Waals surface area contributed by atoms with Crippen molar-refractivity contribution in [2.45, 2.75) is 19.4 Å². The minimum atomic E-state index is -0.225. The number of hydrogen-bond acceptors (Lipinski definition) is 6. The third-order valence-electron chi connectivity index (χ3n) is 5.04. The maximum atomic E-state index is 12.9. The Morgan fingerprint density at radius 1 is 1.21 bits per heavy atom. The summed E-state index contributed by atoms with van der Waals surface area (Å²) in [7, 11) is 0. The lowest BCUT2D eigenvalue weighted by atomic mass is 9.97. The van der Waals surface area contributed by atoms with Crippen molar-refractivity contribution < 1.29 is 14.0 Å². The Balaban J connectivity index is 1.31. The van der Waals surface area contributed by atoms with E-state index in [-0.39, 0.29) is 17.7 Å². The monoisotopic (exact) mass is 394 g/mol. The van der Waals surface area contributed by atoms with Crippen molar-refractivity contribution in [1.29, 1.82) is 0 Å². The van der Waals surface area contributed by atoms with Crippen LogP contribution in [0.15, 0.2) is 53.4 Å². The molecule has 0 saturated carbocycles. The molecule has 1 aliphatic heterocycles. The Hall–Kier alpha value is -3.49. The number of carbonyl (C=O) groups excluding carboxylic acids is 2. The first-order valence-electron chi connectivity index (χ1n) is 9.60. The van der Waals surface area contributed by atoms with Crippen LogP contribution in [0, 0.1) is 5.92 Å². The van der Waals surface area contributed by atoms with Crippen LogP contribution >= 0.6 is 0 Å². The molecule has 1 atom stereocenters. The van der Waals surface area contributed by atoms with Crippen molar-refractivity contribution in [3.63, 3.8) is 0 Å². The van der Waals surface area contributed by atoms with Crippen LogP contribution in [0.3, 0.4) is 0 Å². The zero-order valence-electron chi connectivity index (χ0n) is 15.9. The fourth-order valence-electron chi connectivity index (χ4n) is 3.52. The number of hydrogen-bond donors (Lipinski definition) is 1. The molecule has 0 radical (unpaired) electrons. The van der Waals surface area contributed by atoms with Gasteiger partial charge in [0.05, 0.1) is 12.8 Å². The van der Waals surface area contributed by atoms with Gasteiger partial charge in [-0.25, -0.2) is 4.68 Å². The Labute approximate surface area is 167 Å². The maximum Gasteiger partial charge on any atom is 0.286 e. The normalized spacial score (nSPS) is 16.6. The molecule has 0 bridgehead atoms. The standard InChI is InChI=1S/C20H22N6O3/c27-19(18-4-2-10-29-18)21-11-16-3-1-9-25(12-16)20(28)17-7-5-15(6-8-17)13-26-14-22-23-24-26/h2,4-8,10,14,16H,1,3,9,11-13H2,(H,21,27). The second-order valence-electron chi connectivity index (χ2n) is 7.15. The van der Waals surface area contributed by atoms with E-state index in [1.807, 2.05) is 29.2 Å². The lowest BCUT2D eigenvalue weighted by molar-refractivity contribution is 0.0670. The smallest absolute Gasteiger partial charge is 0.286 e. The van der Waals surface area contributed by atoms with Crippen LogP contribution in [-0.4, -0.2) is 56.6 Å². The van der Waals surface area contributed by atoms with Gasteiger partial charge >= 0.3 is 0 Å². The molecule has 1 fully saturated rings. The van der Waals surface area contributed by atoms with Gasteiger partial charge in [0.25, 0.3) is 11.8 Å². The number of carbonyl (C=O) groups is 2. The van der Waals surface area contributed by atoms with Crippen LogP contribution in [0.25, 0.3) is 0 Å². The number of piperidine rings is 1. The zero-order chi connectivity index (χ0) is 20.1. The summed E-state index contributed by atoms with van der Waals surface area (Å²) in [4.78, 5) is 26.8. The summed E-state index contributed by atoms with van der Waals surface area (Å²) in [5.74, 6) is 0.318. The summed E-state index contributed by atoms with van der Waals surface area (Å²) < 4.78 is 6.73. The number of benzene rings is 1. The van der Waals surface area contributed by atoms with Gasteiger partial charge in [0.2, 0.25) is 0 Å². The van der Waals surface area contributed by atoms with Crippen LogP contribution < -0.4 is 5.32 Å². The van der Waals surface area contributed by atoms with Gasteiger partial charge in [-0.15, -0.1) is 5.10 Å². The quantitative estimate of drug-likeness (QED) is 0.681. The second kappa shape index (κ2) is 8.68. The lowest BCUT2D eigenvalue weighted by Crippen LogP contribution is -2.43. The third kappa shape index (κ3) is 4.68. The summed E-state index contributed by atoms with van der Waals surface area (Å²) in [6, 6.07) is 10.8. The highest BCUT2D eigenvalue weighted by atomic mass is 16.3. The molecule has 150 valence electrons. The first kappa shape index (κ1) is 18.9. The van der Waals surface area contributed by atoms with Gasteiger partial charge in [-0.2, -0.15) is 0 Å². The van der Waals surface area contributed by atoms with Gasteiger partial charge in [0, 0.05) is 25.2 Å². The van der Waals surface area contributed by atoms with Crippen molar-refractivity contribution >= 4 is 11.8 Å². The number of rotatable bonds is 6. The maximum absolute atomic E-state index is 12.9. The summed E-state index contributed by atoms with van der Waals surface area (Å²) in [6.07, 6.45) is 4.93. The number of nitrogens with one attached hydrogen (secondary N) is 1. The molecular formula is C20H22N6O3. The molecular weight excluding hydrogens is 372 g/mol. The van der Waals surface area contributed by atoms with Crippen molar-refractivity contribution in [2.24, 2.45) is 5.92 Å². The van der Waals surface area contributed by atoms with E-state index < -0.39 is 0 Å². The molecule has 3 heterocycles. The van der Waals surface area contributed by atoms with E-state index in [9.17, 15) is 9.59 Å². The Morgan fingerprint density at radius 2 is 2.07 bits per heavy atom. The van der Waals surface area contributed by atoms with E-state index in [1.165, 1.54) is 6.26 Å². The van der Waals surface area contributed by atoms with Crippen molar-refractivity contribution in [1.82, 2.24) is 30.4 Å². The minimum absolute atomic E-state index is 0.0148. The minimum Gasteiger partial charge on any atom is -0.459 e. The van der Waals surface area contributed by atoms with Crippen LogP contribution in [0.2, 0.25) is 0 Å². The molecule has 1 unspecified atom stereocenters. The topological polar surface area (TPSA) is 106 Å². The zero-order valence-corrected chi connectivity index (χ0v) is 15.9. The predicted octanol–water partition coefficient (Wildman–Crippen LogP) is 1.60. The van der Waals surface area contributed by atoms with Crippen molar-refractivity contribution in [3.8, 4) is 0 Å². The summed E-state index contributed by atoms with van der Waals surface area (Å²) >= 11 is 0. The molecule has 1 N–H and O–H groups in total. The SMILES string of the molecule is O=C(NCC1CCCN(C(=O)c2ccc(Cn3cnnn3)cc2)C1)c1ccco1.